The van der Waals surface area contributed by atoms with Crippen molar-refractivity contribution in [2.75, 3.05) is 30.7 Å². The Labute approximate surface area is 180 Å². The van der Waals surface area contributed by atoms with Gasteiger partial charge in [-0.15, -0.1) is 0 Å². The van der Waals surface area contributed by atoms with E-state index < -0.39 is 10.0 Å². The zero-order valence-electron chi connectivity index (χ0n) is 17.9. The number of likely N-dealkylation sites (tertiary alicyclic amines) is 1. The number of nitrogens with one attached hydrogen (secondary N) is 2. The van der Waals surface area contributed by atoms with Gasteiger partial charge in [0, 0.05) is 36.8 Å². The molecule has 1 aromatic heterocycles. The number of aromatic amines is 1. The number of benzene rings is 1. The summed E-state index contributed by atoms with van der Waals surface area (Å²) in [5, 5.41) is 0. The van der Waals surface area contributed by atoms with Gasteiger partial charge in [-0.1, -0.05) is 18.6 Å². The quantitative estimate of drug-likeness (QED) is 0.661. The molecule has 2 aliphatic rings. The molecule has 2 bridgehead atoms. The van der Waals surface area contributed by atoms with Gasteiger partial charge in [-0.05, 0) is 74.4 Å². The first-order valence-corrected chi connectivity index (χ1v) is 12.6. The molecule has 2 N–H and O–H groups in total. The van der Waals surface area contributed by atoms with Gasteiger partial charge in [-0.25, -0.2) is 8.42 Å². The third kappa shape index (κ3) is 4.43. The maximum Gasteiger partial charge on any atom is 0.234 e. The molecule has 4 rings (SSSR count). The molecule has 2 aromatic rings. The third-order valence-corrected chi connectivity index (χ3v) is 8.26. The molecule has 7 heteroatoms. The van der Waals surface area contributed by atoms with Gasteiger partial charge in [-0.3, -0.25) is 9.62 Å². The second kappa shape index (κ2) is 8.73. The lowest BCUT2D eigenvalue weighted by Crippen LogP contribution is -2.52. The summed E-state index contributed by atoms with van der Waals surface area (Å²) >= 11 is 0. The predicted octanol–water partition coefficient (Wildman–Crippen LogP) is 4.05. The Kier molecular flexibility index (Phi) is 6.23. The van der Waals surface area contributed by atoms with E-state index in [0.717, 1.165) is 19.4 Å². The van der Waals surface area contributed by atoms with Gasteiger partial charge in [0.15, 0.2) is 0 Å². The molecule has 164 valence electrons. The molecule has 3 unspecified atom stereocenters. The average Bonchev–Trinajstić information content (AvgIpc) is 3.27. The maximum absolute atomic E-state index is 12.3. The maximum atomic E-state index is 12.3. The number of rotatable bonds is 8. The van der Waals surface area contributed by atoms with Crippen LogP contribution in [0.5, 0.6) is 0 Å². The fourth-order valence-electron chi connectivity index (χ4n) is 5.40. The van der Waals surface area contributed by atoms with Crippen LogP contribution in [-0.4, -0.2) is 50.4 Å². The van der Waals surface area contributed by atoms with E-state index in [1.807, 2.05) is 18.3 Å². The Morgan fingerprint density at radius 3 is 2.93 bits per heavy atom. The Morgan fingerprint density at radius 2 is 2.17 bits per heavy atom. The van der Waals surface area contributed by atoms with Crippen molar-refractivity contribution in [2.45, 2.75) is 56.5 Å². The standard InChI is InChI=1S/C23H33N3O3S/c1-18(22-9-5-12-24-22)26-13-11-23(10-4-8-21(26)17-23)19-6-3-7-20(16-19)25-30(27,28)15-14-29-2/h3,5-7,9,12,16,18,21,24-25H,4,8,10-11,13-15,17H2,1-2H3. The lowest BCUT2D eigenvalue weighted by Gasteiger charge is -2.52. The largest absolute Gasteiger partial charge is 0.384 e. The minimum atomic E-state index is -3.40. The molecule has 2 fully saturated rings. The first kappa shape index (κ1) is 21.4. The summed E-state index contributed by atoms with van der Waals surface area (Å²) in [6.07, 6.45) is 7.86. The minimum Gasteiger partial charge on any atom is -0.384 e. The van der Waals surface area contributed by atoms with Gasteiger partial charge in [0.1, 0.15) is 0 Å². The number of sulfonamides is 1. The monoisotopic (exact) mass is 431 g/mol. The van der Waals surface area contributed by atoms with E-state index in [-0.39, 0.29) is 17.8 Å². The van der Waals surface area contributed by atoms with Gasteiger partial charge < -0.3 is 9.72 Å². The van der Waals surface area contributed by atoms with E-state index in [0.29, 0.717) is 17.8 Å². The van der Waals surface area contributed by atoms with Crippen molar-refractivity contribution in [3.05, 3.63) is 53.9 Å². The van der Waals surface area contributed by atoms with Crippen molar-refractivity contribution < 1.29 is 13.2 Å². The molecule has 1 saturated carbocycles. The van der Waals surface area contributed by atoms with Crippen LogP contribution in [0.3, 0.4) is 0 Å². The van der Waals surface area contributed by atoms with Gasteiger partial charge in [0.25, 0.3) is 0 Å². The predicted molar refractivity (Wildman–Crippen MR) is 120 cm³/mol. The van der Waals surface area contributed by atoms with Gasteiger partial charge in [0.2, 0.25) is 10.0 Å². The molecule has 0 spiro atoms. The summed E-state index contributed by atoms with van der Waals surface area (Å²) in [5.41, 5.74) is 3.34. The zero-order chi connectivity index (χ0) is 21.2. The van der Waals surface area contributed by atoms with Crippen molar-refractivity contribution in [2.24, 2.45) is 0 Å². The van der Waals surface area contributed by atoms with Crippen LogP contribution in [0.1, 0.15) is 56.3 Å². The SMILES string of the molecule is COCCS(=O)(=O)Nc1cccc(C23CCCC(C2)N(C(C)c2ccc[nH]2)CC3)c1. The van der Waals surface area contributed by atoms with E-state index in [1.165, 1.54) is 37.6 Å². The number of hydrogen-bond donors (Lipinski definition) is 2. The Bertz CT molecular complexity index is 944. The van der Waals surface area contributed by atoms with Crippen LogP contribution >= 0.6 is 0 Å². The number of ether oxygens (including phenoxy) is 1. The van der Waals surface area contributed by atoms with E-state index in [4.69, 9.17) is 4.74 Å². The molecule has 6 nitrogen and oxygen atoms in total. The van der Waals surface area contributed by atoms with Crippen LogP contribution in [0.2, 0.25) is 0 Å². The van der Waals surface area contributed by atoms with Crippen LogP contribution in [-0.2, 0) is 20.2 Å². The fourth-order valence-corrected chi connectivity index (χ4v) is 6.38. The van der Waals surface area contributed by atoms with E-state index in [9.17, 15) is 8.42 Å². The van der Waals surface area contributed by atoms with Gasteiger partial charge in [-0.2, -0.15) is 0 Å². The lowest BCUT2D eigenvalue weighted by molar-refractivity contribution is 0.0232. The number of aromatic nitrogens is 1. The molecule has 3 atom stereocenters. The lowest BCUT2D eigenvalue weighted by atomic mass is 9.63. The first-order chi connectivity index (χ1) is 14.4. The molecule has 0 radical (unpaired) electrons. The molecule has 30 heavy (non-hydrogen) atoms. The third-order valence-electron chi connectivity index (χ3n) is 7.01. The Balaban J connectivity index is 1.52. The van der Waals surface area contributed by atoms with E-state index in [1.54, 1.807) is 0 Å². The van der Waals surface area contributed by atoms with Crippen LogP contribution in [0.4, 0.5) is 5.69 Å². The average molecular weight is 432 g/mol. The summed E-state index contributed by atoms with van der Waals surface area (Å²) < 4.78 is 32.2. The normalized spacial score (nSPS) is 25.7. The number of piperidine rings is 1. The van der Waals surface area contributed by atoms with Crippen LogP contribution in [0, 0.1) is 0 Å². The fraction of sp³-hybridized carbons (Fsp3) is 0.565. The van der Waals surface area contributed by atoms with Gasteiger partial charge >= 0.3 is 0 Å². The molecular weight excluding hydrogens is 398 g/mol. The molecule has 0 amide bonds. The number of fused-ring (bicyclic) bond motifs is 2. The minimum absolute atomic E-state index is 0.0352. The molecule has 1 aliphatic heterocycles. The smallest absolute Gasteiger partial charge is 0.234 e. The van der Waals surface area contributed by atoms with Crippen molar-refractivity contribution >= 4 is 15.7 Å². The number of methoxy groups -OCH3 is 1. The van der Waals surface area contributed by atoms with Crippen molar-refractivity contribution in [1.82, 2.24) is 9.88 Å². The van der Waals surface area contributed by atoms with Crippen molar-refractivity contribution in [1.29, 1.82) is 0 Å². The molecule has 2 heterocycles. The molecule has 1 saturated heterocycles. The second-order valence-corrected chi connectivity index (χ2v) is 10.7. The highest BCUT2D eigenvalue weighted by Gasteiger charge is 2.45. The van der Waals surface area contributed by atoms with Crippen molar-refractivity contribution in [3.8, 4) is 0 Å². The Morgan fingerprint density at radius 1 is 1.30 bits per heavy atom. The summed E-state index contributed by atoms with van der Waals surface area (Å²) in [4.78, 5) is 6.03. The Hall–Kier alpha value is -1.83. The number of hydrogen-bond acceptors (Lipinski definition) is 4. The van der Waals surface area contributed by atoms with Crippen LogP contribution in [0.25, 0.3) is 0 Å². The van der Waals surface area contributed by atoms with E-state index in [2.05, 4.69) is 45.8 Å². The van der Waals surface area contributed by atoms with Crippen LogP contribution < -0.4 is 4.72 Å². The summed E-state index contributed by atoms with van der Waals surface area (Å²) in [6.45, 7) is 3.55. The topological polar surface area (TPSA) is 74.4 Å². The summed E-state index contributed by atoms with van der Waals surface area (Å²) in [5.74, 6) is -0.0352. The summed E-state index contributed by atoms with van der Waals surface area (Å²) in [6, 6.07) is 13.3. The number of nitrogens with zero attached hydrogens (tertiary/aromatic N) is 1. The summed E-state index contributed by atoms with van der Waals surface area (Å²) in [7, 11) is -1.89. The second-order valence-electron chi connectivity index (χ2n) is 8.81. The van der Waals surface area contributed by atoms with E-state index >= 15 is 0 Å². The molecular formula is C23H33N3O3S. The highest BCUT2D eigenvalue weighted by atomic mass is 32.2. The molecule has 1 aromatic carbocycles. The number of anilines is 1. The van der Waals surface area contributed by atoms with Crippen molar-refractivity contribution in [3.63, 3.8) is 0 Å². The zero-order valence-corrected chi connectivity index (χ0v) is 18.7. The number of H-pyrrole nitrogens is 1. The molecule has 1 aliphatic carbocycles. The highest BCUT2D eigenvalue weighted by Crippen LogP contribution is 2.49. The van der Waals surface area contributed by atoms with Gasteiger partial charge in [0.05, 0.1) is 12.4 Å². The first-order valence-electron chi connectivity index (χ1n) is 10.9. The highest BCUT2D eigenvalue weighted by molar-refractivity contribution is 7.92. The van der Waals surface area contributed by atoms with Crippen LogP contribution in [0.15, 0.2) is 42.6 Å².